The van der Waals surface area contributed by atoms with Crippen molar-refractivity contribution in [2.75, 3.05) is 4.90 Å². The van der Waals surface area contributed by atoms with Crippen LogP contribution in [0.25, 0.3) is 77.2 Å². The summed E-state index contributed by atoms with van der Waals surface area (Å²) in [5, 5.41) is 4.73. The molecule has 2 heteroatoms. The molecule has 1 heterocycles. The van der Waals surface area contributed by atoms with Crippen LogP contribution in [0, 0.1) is 0 Å². The Balaban J connectivity index is 1.01. The van der Waals surface area contributed by atoms with Gasteiger partial charge in [0, 0.05) is 22.0 Å². The highest BCUT2D eigenvalue weighted by Crippen LogP contribution is 2.45. The molecule has 0 aliphatic rings. The summed E-state index contributed by atoms with van der Waals surface area (Å²) in [4.78, 5) is 2.34. The molecular formula is C52H35NO. The van der Waals surface area contributed by atoms with Crippen molar-refractivity contribution in [2.24, 2.45) is 0 Å². The number of anilines is 3. The third-order valence-electron chi connectivity index (χ3n) is 10.5. The highest BCUT2D eigenvalue weighted by Gasteiger charge is 2.22. The summed E-state index contributed by atoms with van der Waals surface area (Å²) >= 11 is 0. The van der Waals surface area contributed by atoms with Crippen molar-refractivity contribution in [3.8, 4) is 44.5 Å². The van der Waals surface area contributed by atoms with Crippen molar-refractivity contribution in [1.82, 2.24) is 0 Å². The van der Waals surface area contributed by atoms with E-state index in [0.717, 1.165) is 55.7 Å². The average molecular weight is 690 g/mol. The molecule has 10 aromatic rings. The molecule has 0 fully saturated rings. The summed E-state index contributed by atoms with van der Waals surface area (Å²) in [5.41, 5.74) is 14.4. The second kappa shape index (κ2) is 13.4. The normalized spacial score (nSPS) is 11.3. The molecule has 0 unspecified atom stereocenters. The van der Waals surface area contributed by atoms with Crippen molar-refractivity contribution >= 4 is 49.8 Å². The second-order valence-corrected chi connectivity index (χ2v) is 13.7. The summed E-state index contributed by atoms with van der Waals surface area (Å²) < 4.78 is 6.60. The lowest BCUT2D eigenvalue weighted by Crippen LogP contribution is -2.11. The molecule has 0 saturated heterocycles. The molecule has 0 bridgehead atoms. The first-order chi connectivity index (χ1) is 26.8. The number of benzene rings is 9. The molecule has 254 valence electrons. The van der Waals surface area contributed by atoms with Gasteiger partial charge < -0.3 is 9.32 Å². The minimum Gasteiger partial charge on any atom is -0.454 e. The van der Waals surface area contributed by atoms with Crippen LogP contribution in [0.15, 0.2) is 217 Å². The second-order valence-electron chi connectivity index (χ2n) is 13.7. The average Bonchev–Trinajstić information content (AvgIpc) is 3.64. The first-order valence-corrected chi connectivity index (χ1v) is 18.4. The SMILES string of the molecule is c1ccc(-c2ccccc2N(c2ccc(-c3ccc(-c4cccc(-c5ccc6ccccc6c5)c4)cc3)cc2)c2cccc3c2oc2ccccc23)cc1. The topological polar surface area (TPSA) is 16.4 Å². The van der Waals surface area contributed by atoms with Gasteiger partial charge in [-0.15, -0.1) is 0 Å². The van der Waals surface area contributed by atoms with E-state index in [9.17, 15) is 0 Å². The maximum Gasteiger partial charge on any atom is 0.159 e. The standard InChI is InChI=1S/C52H35NO/c1-2-13-40(14-3-1)46-18-6-8-21-49(46)53(50-22-11-20-48-47-19-7-9-23-51(47)54-52(48)50)45-32-30-38(31-33-45)37-24-26-39(27-25-37)42-16-10-17-43(34-42)44-29-28-36-12-4-5-15-41(36)35-44/h1-35H. The van der Waals surface area contributed by atoms with E-state index in [1.807, 2.05) is 12.1 Å². The van der Waals surface area contributed by atoms with Crippen molar-refractivity contribution in [1.29, 1.82) is 0 Å². The van der Waals surface area contributed by atoms with Gasteiger partial charge in [-0.1, -0.05) is 170 Å². The third kappa shape index (κ3) is 5.71. The Kier molecular flexibility index (Phi) is 7.85. The number of para-hydroxylation sites is 3. The number of hydrogen-bond donors (Lipinski definition) is 0. The Bertz CT molecular complexity index is 2920. The van der Waals surface area contributed by atoms with Crippen molar-refractivity contribution < 1.29 is 4.42 Å². The summed E-state index contributed by atoms with van der Waals surface area (Å²) in [6, 6.07) is 75.8. The molecular weight excluding hydrogens is 655 g/mol. The van der Waals surface area contributed by atoms with E-state index in [1.54, 1.807) is 0 Å². The summed E-state index contributed by atoms with van der Waals surface area (Å²) in [6.07, 6.45) is 0. The zero-order valence-electron chi connectivity index (χ0n) is 29.6. The van der Waals surface area contributed by atoms with Gasteiger partial charge in [-0.3, -0.25) is 0 Å². The number of furan rings is 1. The van der Waals surface area contributed by atoms with E-state index < -0.39 is 0 Å². The Morgan fingerprint density at radius 3 is 1.67 bits per heavy atom. The van der Waals surface area contributed by atoms with Gasteiger partial charge in [-0.05, 0) is 92.2 Å². The maximum absolute atomic E-state index is 6.60. The van der Waals surface area contributed by atoms with Gasteiger partial charge in [0.25, 0.3) is 0 Å². The van der Waals surface area contributed by atoms with Gasteiger partial charge in [0.15, 0.2) is 5.58 Å². The molecule has 10 rings (SSSR count). The Hall–Kier alpha value is -7.16. The van der Waals surface area contributed by atoms with E-state index in [-0.39, 0.29) is 0 Å². The zero-order valence-corrected chi connectivity index (χ0v) is 29.6. The largest absolute Gasteiger partial charge is 0.454 e. The predicted molar refractivity (Wildman–Crippen MR) is 228 cm³/mol. The van der Waals surface area contributed by atoms with E-state index in [0.29, 0.717) is 0 Å². The minimum absolute atomic E-state index is 0.867. The molecule has 0 amide bonds. The van der Waals surface area contributed by atoms with E-state index in [2.05, 4.69) is 205 Å². The fraction of sp³-hybridized carbons (Fsp3) is 0. The molecule has 0 spiro atoms. The number of hydrogen-bond acceptors (Lipinski definition) is 2. The molecule has 2 nitrogen and oxygen atoms in total. The van der Waals surface area contributed by atoms with Crippen LogP contribution in [0.4, 0.5) is 17.1 Å². The quantitative estimate of drug-likeness (QED) is 0.166. The highest BCUT2D eigenvalue weighted by molar-refractivity contribution is 6.10. The monoisotopic (exact) mass is 689 g/mol. The Labute approximate surface area is 314 Å². The molecule has 0 radical (unpaired) electrons. The fourth-order valence-corrected chi connectivity index (χ4v) is 7.75. The predicted octanol–water partition coefficient (Wildman–Crippen LogP) is 14.9. The smallest absolute Gasteiger partial charge is 0.159 e. The molecule has 0 atom stereocenters. The highest BCUT2D eigenvalue weighted by atomic mass is 16.3. The Morgan fingerprint density at radius 2 is 0.852 bits per heavy atom. The third-order valence-corrected chi connectivity index (χ3v) is 10.5. The first kappa shape index (κ1) is 31.6. The summed E-state index contributed by atoms with van der Waals surface area (Å²) in [5.74, 6) is 0. The lowest BCUT2D eigenvalue weighted by Gasteiger charge is -2.28. The first-order valence-electron chi connectivity index (χ1n) is 18.4. The molecule has 9 aromatic carbocycles. The van der Waals surface area contributed by atoms with Crippen LogP contribution in [0.5, 0.6) is 0 Å². The van der Waals surface area contributed by atoms with Crippen molar-refractivity contribution in [3.63, 3.8) is 0 Å². The number of nitrogens with zero attached hydrogens (tertiary/aromatic N) is 1. The van der Waals surface area contributed by atoms with Gasteiger partial charge in [-0.25, -0.2) is 0 Å². The van der Waals surface area contributed by atoms with Gasteiger partial charge >= 0.3 is 0 Å². The number of rotatable bonds is 7. The number of fused-ring (bicyclic) bond motifs is 4. The molecule has 1 aromatic heterocycles. The maximum atomic E-state index is 6.60. The van der Waals surface area contributed by atoms with Crippen LogP contribution in [-0.2, 0) is 0 Å². The van der Waals surface area contributed by atoms with E-state index >= 15 is 0 Å². The van der Waals surface area contributed by atoms with Crippen LogP contribution >= 0.6 is 0 Å². The summed E-state index contributed by atoms with van der Waals surface area (Å²) in [7, 11) is 0. The van der Waals surface area contributed by atoms with E-state index in [4.69, 9.17) is 4.42 Å². The van der Waals surface area contributed by atoms with Crippen molar-refractivity contribution in [2.45, 2.75) is 0 Å². The van der Waals surface area contributed by atoms with Crippen molar-refractivity contribution in [3.05, 3.63) is 212 Å². The summed E-state index contributed by atoms with van der Waals surface area (Å²) in [6.45, 7) is 0. The van der Waals surface area contributed by atoms with Gasteiger partial charge in [-0.2, -0.15) is 0 Å². The molecule has 0 aliphatic heterocycles. The zero-order chi connectivity index (χ0) is 35.8. The molecule has 0 N–H and O–H groups in total. The minimum atomic E-state index is 0.867. The Morgan fingerprint density at radius 1 is 0.315 bits per heavy atom. The van der Waals surface area contributed by atoms with Crippen LogP contribution < -0.4 is 4.90 Å². The lowest BCUT2D eigenvalue weighted by atomic mass is 9.96. The van der Waals surface area contributed by atoms with Crippen LogP contribution in [0.1, 0.15) is 0 Å². The van der Waals surface area contributed by atoms with Crippen LogP contribution in [0.2, 0.25) is 0 Å². The fourth-order valence-electron chi connectivity index (χ4n) is 7.75. The molecule has 0 saturated carbocycles. The van der Waals surface area contributed by atoms with Gasteiger partial charge in [0.2, 0.25) is 0 Å². The van der Waals surface area contributed by atoms with Crippen LogP contribution in [-0.4, -0.2) is 0 Å². The molecule has 0 aliphatic carbocycles. The van der Waals surface area contributed by atoms with Gasteiger partial charge in [0.05, 0.1) is 11.4 Å². The van der Waals surface area contributed by atoms with E-state index in [1.165, 1.54) is 38.6 Å². The van der Waals surface area contributed by atoms with Gasteiger partial charge in [0.1, 0.15) is 5.58 Å². The van der Waals surface area contributed by atoms with Crippen LogP contribution in [0.3, 0.4) is 0 Å². The molecule has 54 heavy (non-hydrogen) atoms. The lowest BCUT2D eigenvalue weighted by molar-refractivity contribution is 0.669.